The van der Waals surface area contributed by atoms with Crippen molar-refractivity contribution in [1.29, 1.82) is 0 Å². The van der Waals surface area contributed by atoms with Crippen LogP contribution >= 0.6 is 0 Å². The number of hydrogen-bond acceptors (Lipinski definition) is 3. The Bertz CT molecular complexity index is 482. The highest BCUT2D eigenvalue weighted by molar-refractivity contribution is 5.94. The van der Waals surface area contributed by atoms with Crippen LogP contribution < -0.4 is 5.32 Å². The van der Waals surface area contributed by atoms with Gasteiger partial charge in [0.05, 0.1) is 6.61 Å². The zero-order chi connectivity index (χ0) is 14.3. The molecule has 0 aliphatic rings. The van der Waals surface area contributed by atoms with Crippen LogP contribution in [0.5, 0.6) is 0 Å². The lowest BCUT2D eigenvalue weighted by Crippen LogP contribution is -2.43. The van der Waals surface area contributed by atoms with Crippen LogP contribution in [-0.4, -0.2) is 36.7 Å². The molecule has 1 amide bonds. The average Bonchev–Trinajstić information content (AvgIpc) is 2.36. The minimum Gasteiger partial charge on any atom is -0.480 e. The Kier molecular flexibility index (Phi) is 5.75. The van der Waals surface area contributed by atoms with Crippen molar-refractivity contribution >= 4 is 18.0 Å². The molecule has 0 aliphatic heterocycles. The van der Waals surface area contributed by atoms with Gasteiger partial charge in [-0.15, -0.1) is 0 Å². The van der Waals surface area contributed by atoms with E-state index in [9.17, 15) is 9.59 Å². The van der Waals surface area contributed by atoms with E-state index in [1.165, 1.54) is 13.2 Å². The van der Waals surface area contributed by atoms with Gasteiger partial charge in [0.2, 0.25) is 5.91 Å². The summed E-state index contributed by atoms with van der Waals surface area (Å²) in [7, 11) is 1.38. The number of ether oxygens (including phenoxy) is 1. The van der Waals surface area contributed by atoms with Gasteiger partial charge in [-0.25, -0.2) is 4.79 Å². The van der Waals surface area contributed by atoms with Crippen LogP contribution in [0.4, 0.5) is 0 Å². The fraction of sp³-hybridized carbons (Fsp3) is 0.286. The smallest absolute Gasteiger partial charge is 0.328 e. The second-order valence-electron chi connectivity index (χ2n) is 4.10. The third-order valence-electron chi connectivity index (χ3n) is 2.42. The number of aryl methyl sites for hydroxylation is 1. The molecule has 0 saturated carbocycles. The van der Waals surface area contributed by atoms with E-state index in [4.69, 9.17) is 9.84 Å². The number of nitrogens with one attached hydrogen (secondary N) is 1. The van der Waals surface area contributed by atoms with Crippen molar-refractivity contribution in [2.45, 2.75) is 13.0 Å². The van der Waals surface area contributed by atoms with Crippen LogP contribution in [0.1, 0.15) is 11.1 Å². The standard InChI is InChI=1S/C14H17NO4/c1-10-4-3-5-11(8-10)6-7-13(16)15-12(9-19-2)14(17)18/h3-8,12H,9H2,1-2H3,(H,15,16)(H,17,18)/b7-6+. The van der Waals surface area contributed by atoms with Crippen LogP contribution in [0.2, 0.25) is 0 Å². The van der Waals surface area contributed by atoms with Crippen LogP contribution in [0, 0.1) is 6.92 Å². The molecule has 1 rings (SSSR count). The van der Waals surface area contributed by atoms with Crippen LogP contribution in [0.25, 0.3) is 6.08 Å². The highest BCUT2D eigenvalue weighted by Gasteiger charge is 2.18. The fourth-order valence-corrected chi connectivity index (χ4v) is 1.51. The molecule has 0 aliphatic carbocycles. The molecule has 0 heterocycles. The molecule has 2 N–H and O–H groups in total. The maximum atomic E-state index is 11.6. The van der Waals surface area contributed by atoms with E-state index >= 15 is 0 Å². The summed E-state index contributed by atoms with van der Waals surface area (Å²) in [6.45, 7) is 1.88. The Hall–Kier alpha value is -2.14. The molecule has 0 spiro atoms. The Morgan fingerprint density at radius 1 is 1.47 bits per heavy atom. The molecule has 1 aromatic carbocycles. The number of aliphatic carboxylic acids is 1. The number of carbonyl (C=O) groups excluding carboxylic acids is 1. The number of benzene rings is 1. The number of carboxylic acid groups (broad SMARTS) is 1. The normalized spacial score (nSPS) is 12.3. The number of amides is 1. The predicted octanol–water partition coefficient (Wildman–Crippen LogP) is 1.22. The molecule has 5 nitrogen and oxygen atoms in total. The summed E-state index contributed by atoms with van der Waals surface area (Å²) in [5.74, 6) is -1.59. The molecule has 0 fully saturated rings. The molecular weight excluding hydrogens is 246 g/mol. The van der Waals surface area contributed by atoms with E-state index in [-0.39, 0.29) is 6.61 Å². The molecule has 1 aromatic rings. The molecule has 1 unspecified atom stereocenters. The highest BCUT2D eigenvalue weighted by atomic mass is 16.5. The lowest BCUT2D eigenvalue weighted by Gasteiger charge is -2.11. The number of carboxylic acids is 1. The van der Waals surface area contributed by atoms with Gasteiger partial charge in [0, 0.05) is 13.2 Å². The first kappa shape index (κ1) is 14.9. The van der Waals surface area contributed by atoms with Crippen molar-refractivity contribution in [2.75, 3.05) is 13.7 Å². The third kappa shape index (κ3) is 5.35. The van der Waals surface area contributed by atoms with Gasteiger partial charge in [-0.3, -0.25) is 4.79 Å². The summed E-state index contributed by atoms with van der Waals surface area (Å²) in [4.78, 5) is 22.4. The quantitative estimate of drug-likeness (QED) is 0.757. The van der Waals surface area contributed by atoms with E-state index in [0.29, 0.717) is 0 Å². The molecule has 0 saturated heterocycles. The summed E-state index contributed by atoms with van der Waals surface area (Å²) in [5, 5.41) is 11.2. The van der Waals surface area contributed by atoms with Gasteiger partial charge in [0.1, 0.15) is 0 Å². The molecule has 0 aromatic heterocycles. The van der Waals surface area contributed by atoms with Gasteiger partial charge in [0.25, 0.3) is 0 Å². The van der Waals surface area contributed by atoms with Crippen molar-refractivity contribution in [2.24, 2.45) is 0 Å². The van der Waals surface area contributed by atoms with E-state index in [0.717, 1.165) is 11.1 Å². The topological polar surface area (TPSA) is 75.6 Å². The summed E-state index contributed by atoms with van der Waals surface area (Å²) >= 11 is 0. The minimum absolute atomic E-state index is 0.0701. The molecular formula is C14H17NO4. The molecule has 0 bridgehead atoms. The first-order valence-corrected chi connectivity index (χ1v) is 5.80. The Morgan fingerprint density at radius 2 is 2.21 bits per heavy atom. The predicted molar refractivity (Wildman–Crippen MR) is 71.7 cm³/mol. The van der Waals surface area contributed by atoms with Crippen LogP contribution in [0.15, 0.2) is 30.3 Å². The van der Waals surface area contributed by atoms with Crippen LogP contribution in [-0.2, 0) is 14.3 Å². The minimum atomic E-state index is -1.13. The summed E-state index contributed by atoms with van der Waals surface area (Å²) in [6, 6.07) is 6.59. The van der Waals surface area contributed by atoms with Gasteiger partial charge in [-0.05, 0) is 18.6 Å². The molecule has 5 heteroatoms. The van der Waals surface area contributed by atoms with E-state index in [1.807, 2.05) is 31.2 Å². The molecule has 1 atom stereocenters. The summed E-state index contributed by atoms with van der Waals surface area (Å²) in [5.41, 5.74) is 1.97. The number of carbonyl (C=O) groups is 2. The first-order chi connectivity index (χ1) is 9.02. The van der Waals surface area contributed by atoms with Gasteiger partial charge in [0.15, 0.2) is 6.04 Å². The Balaban J connectivity index is 2.61. The molecule has 0 radical (unpaired) electrons. The van der Waals surface area contributed by atoms with E-state index < -0.39 is 17.9 Å². The zero-order valence-corrected chi connectivity index (χ0v) is 10.9. The number of rotatable bonds is 6. The Labute approximate surface area is 111 Å². The summed E-state index contributed by atoms with van der Waals surface area (Å²) < 4.78 is 4.73. The van der Waals surface area contributed by atoms with Gasteiger partial charge in [-0.2, -0.15) is 0 Å². The largest absolute Gasteiger partial charge is 0.480 e. The lowest BCUT2D eigenvalue weighted by atomic mass is 10.1. The maximum Gasteiger partial charge on any atom is 0.328 e. The average molecular weight is 263 g/mol. The third-order valence-corrected chi connectivity index (χ3v) is 2.42. The highest BCUT2D eigenvalue weighted by Crippen LogP contribution is 2.05. The second-order valence-corrected chi connectivity index (χ2v) is 4.10. The second kappa shape index (κ2) is 7.33. The van der Waals surface area contributed by atoms with Gasteiger partial charge >= 0.3 is 5.97 Å². The molecule has 102 valence electrons. The maximum absolute atomic E-state index is 11.6. The first-order valence-electron chi connectivity index (χ1n) is 5.80. The van der Waals surface area contributed by atoms with E-state index in [1.54, 1.807) is 6.08 Å². The zero-order valence-electron chi connectivity index (χ0n) is 10.9. The van der Waals surface area contributed by atoms with Crippen LogP contribution in [0.3, 0.4) is 0 Å². The van der Waals surface area contributed by atoms with Crippen molar-refractivity contribution in [1.82, 2.24) is 5.32 Å². The van der Waals surface area contributed by atoms with Crippen molar-refractivity contribution < 1.29 is 19.4 Å². The monoisotopic (exact) mass is 263 g/mol. The summed E-state index contributed by atoms with van der Waals surface area (Å²) in [6.07, 6.45) is 2.94. The van der Waals surface area contributed by atoms with E-state index in [2.05, 4.69) is 5.32 Å². The number of hydrogen-bond donors (Lipinski definition) is 2. The van der Waals surface area contributed by atoms with Gasteiger partial charge < -0.3 is 15.2 Å². The van der Waals surface area contributed by atoms with Crippen molar-refractivity contribution in [3.8, 4) is 0 Å². The fourth-order valence-electron chi connectivity index (χ4n) is 1.51. The van der Waals surface area contributed by atoms with Crippen molar-refractivity contribution in [3.63, 3.8) is 0 Å². The Morgan fingerprint density at radius 3 is 2.79 bits per heavy atom. The molecule has 19 heavy (non-hydrogen) atoms. The lowest BCUT2D eigenvalue weighted by molar-refractivity contribution is -0.142. The van der Waals surface area contributed by atoms with Crippen molar-refractivity contribution in [3.05, 3.63) is 41.5 Å². The number of methoxy groups -OCH3 is 1. The SMILES string of the molecule is COCC(NC(=O)/C=C/c1cccc(C)c1)C(=O)O. The van der Waals surface area contributed by atoms with Gasteiger partial charge in [-0.1, -0.05) is 29.8 Å².